The van der Waals surface area contributed by atoms with Crippen LogP contribution >= 0.6 is 0 Å². The van der Waals surface area contributed by atoms with Crippen LogP contribution in [0.3, 0.4) is 0 Å². The summed E-state index contributed by atoms with van der Waals surface area (Å²) in [7, 11) is -5.17. The Morgan fingerprint density at radius 3 is 0.861 bits per heavy atom. The minimum absolute atomic E-state index is 1.35. The van der Waals surface area contributed by atoms with Gasteiger partial charge in [0.15, 0.2) is 0 Å². The quantitative estimate of drug-likeness (QED) is 0.274. The van der Waals surface area contributed by atoms with Crippen molar-refractivity contribution < 1.29 is 0 Å². The maximum absolute atomic E-state index is 3.15. The van der Waals surface area contributed by atoms with E-state index in [9.17, 15) is 0 Å². The SMILES string of the molecule is Cc1ccc([N]2[Sn-]3[N](c4ccc(C)cc4)[Si](C)(C)[Si](C)([Si]2(C)C)[Si](C)(C)[N]3c2ccc(C)cc2)cc1. The molecule has 3 aromatic carbocycles. The Morgan fingerprint density at radius 1 is 0.417 bits per heavy atom. The molecule has 3 aliphatic rings. The van der Waals surface area contributed by atoms with E-state index in [4.69, 9.17) is 0 Å². The Labute approximate surface area is 230 Å². The number of hydrogen-bond acceptors (Lipinski definition) is 3. The standard InChI is InChI=1S/C28H42N3Si4.Sn/c1-23-11-17-26(18-12-23)29-32(4,5)35(10,33(6,7)30-27-19-13-24(2)14-20-27)34(8,9)31-28-21-15-25(3)16-22-28;/h11-22H,1-10H3;/q-3;+2. The molecule has 0 aromatic heterocycles. The summed E-state index contributed by atoms with van der Waals surface area (Å²) < 4.78 is 9.45. The predicted molar refractivity (Wildman–Crippen MR) is 171 cm³/mol. The Hall–Kier alpha value is -1.27. The second kappa shape index (κ2) is 8.62. The van der Waals surface area contributed by atoms with Gasteiger partial charge in [0.1, 0.15) is 0 Å². The van der Waals surface area contributed by atoms with E-state index < -0.39 is 50.5 Å². The van der Waals surface area contributed by atoms with Crippen molar-refractivity contribution in [2.75, 3.05) is 8.36 Å². The zero-order chi connectivity index (χ0) is 26.3. The van der Waals surface area contributed by atoms with Crippen LogP contribution in [0.25, 0.3) is 0 Å². The normalized spacial score (nSPS) is 21.7. The van der Waals surface area contributed by atoms with Crippen LogP contribution in [-0.4, -0.2) is 50.5 Å². The molecule has 0 N–H and O–H groups in total. The molecule has 0 atom stereocenters. The fourth-order valence-corrected chi connectivity index (χ4v) is 147. The molecule has 36 heavy (non-hydrogen) atoms. The molecule has 3 aromatic rings. The minimum atomic E-state index is -2.65. The van der Waals surface area contributed by atoms with Crippen LogP contribution in [0.5, 0.6) is 0 Å². The van der Waals surface area contributed by atoms with Crippen LogP contribution in [0, 0.1) is 20.8 Å². The second-order valence-electron chi connectivity index (χ2n) is 12.6. The van der Waals surface area contributed by atoms with Crippen molar-refractivity contribution in [3.05, 3.63) is 89.5 Å². The first-order chi connectivity index (χ1) is 16.7. The van der Waals surface area contributed by atoms with E-state index in [2.05, 4.69) is 148 Å². The number of aryl methyl sites for hydroxylation is 3. The molecular weight excluding hydrogens is 609 g/mol. The van der Waals surface area contributed by atoms with Gasteiger partial charge < -0.3 is 0 Å². The zero-order valence-corrected chi connectivity index (χ0v) is 30.6. The van der Waals surface area contributed by atoms with Gasteiger partial charge in [-0.1, -0.05) is 0 Å². The van der Waals surface area contributed by atoms with Crippen molar-refractivity contribution >= 4 is 67.5 Å². The summed E-state index contributed by atoms with van der Waals surface area (Å²) >= 11 is -2.65. The summed E-state index contributed by atoms with van der Waals surface area (Å²) in [4.78, 5) is 0. The molecule has 6 rings (SSSR count). The van der Waals surface area contributed by atoms with E-state index in [-0.39, 0.29) is 0 Å². The molecule has 3 saturated heterocycles. The third-order valence-corrected chi connectivity index (χ3v) is 108. The maximum atomic E-state index is 3.15. The van der Waals surface area contributed by atoms with E-state index >= 15 is 0 Å². The van der Waals surface area contributed by atoms with Crippen molar-refractivity contribution in [3.8, 4) is 0 Å². The fourth-order valence-electron chi connectivity index (χ4n) is 7.36. The van der Waals surface area contributed by atoms with Gasteiger partial charge >= 0.3 is 232 Å². The molecule has 2 bridgehead atoms. The van der Waals surface area contributed by atoms with Crippen molar-refractivity contribution in [3.63, 3.8) is 0 Å². The molecule has 0 radical (unpaired) electrons. The molecule has 0 amide bonds. The summed E-state index contributed by atoms with van der Waals surface area (Å²) in [5.41, 5.74) is 8.55. The van der Waals surface area contributed by atoms with Gasteiger partial charge in [-0.3, -0.25) is 0 Å². The number of hydrogen-bond donors (Lipinski definition) is 0. The molecule has 0 aliphatic carbocycles. The van der Waals surface area contributed by atoms with Crippen LogP contribution in [0.15, 0.2) is 72.8 Å². The molecule has 3 aliphatic heterocycles. The average molecular weight is 652 g/mol. The summed E-state index contributed by atoms with van der Waals surface area (Å²) in [6.45, 7) is 24.4. The Balaban J connectivity index is 1.85. The van der Waals surface area contributed by atoms with E-state index in [1.54, 1.807) is 0 Å². The van der Waals surface area contributed by atoms with Crippen LogP contribution in [0.1, 0.15) is 16.7 Å². The molecule has 8 heteroatoms. The van der Waals surface area contributed by atoms with Gasteiger partial charge in [0.25, 0.3) is 0 Å². The van der Waals surface area contributed by atoms with Crippen LogP contribution in [0.2, 0.25) is 45.8 Å². The summed E-state index contributed by atoms with van der Waals surface area (Å²) in [5, 5.41) is 0. The number of rotatable bonds is 3. The van der Waals surface area contributed by atoms with Gasteiger partial charge in [-0.2, -0.15) is 0 Å². The first-order valence-electron chi connectivity index (χ1n) is 13.2. The van der Waals surface area contributed by atoms with Gasteiger partial charge in [0, 0.05) is 0 Å². The first kappa shape index (κ1) is 26.3. The third kappa shape index (κ3) is 3.45. The molecule has 0 unspecified atom stereocenters. The van der Waals surface area contributed by atoms with E-state index in [0.717, 1.165) is 0 Å². The number of nitrogens with zero attached hydrogens (tertiary/aromatic N) is 3. The van der Waals surface area contributed by atoms with Gasteiger partial charge in [0.2, 0.25) is 0 Å². The first-order valence-corrected chi connectivity index (χ1v) is 31.4. The predicted octanol–water partition coefficient (Wildman–Crippen LogP) is 7.37. The summed E-state index contributed by atoms with van der Waals surface area (Å²) in [6.07, 6.45) is 0. The topological polar surface area (TPSA) is 9.72 Å². The fraction of sp³-hybridized carbons (Fsp3) is 0.357. The Bertz CT molecular complexity index is 1120. The van der Waals surface area contributed by atoms with Gasteiger partial charge in [0.05, 0.1) is 0 Å². The molecular formula is C28H42N3Si4Sn-. The van der Waals surface area contributed by atoms with Gasteiger partial charge in [-0.25, -0.2) is 0 Å². The average Bonchev–Trinajstić information content (AvgIpc) is 2.80. The number of fused-ring (bicyclic) bond motifs is 3. The molecule has 3 fully saturated rings. The van der Waals surface area contributed by atoms with E-state index in [0.29, 0.717) is 0 Å². The van der Waals surface area contributed by atoms with Crippen molar-refractivity contribution in [2.45, 2.75) is 66.6 Å². The van der Waals surface area contributed by atoms with Crippen molar-refractivity contribution in [1.29, 1.82) is 0 Å². The zero-order valence-electron chi connectivity index (χ0n) is 23.8. The third-order valence-electron chi connectivity index (χ3n) is 9.82. The van der Waals surface area contributed by atoms with Crippen LogP contribution < -0.4 is 8.36 Å². The van der Waals surface area contributed by atoms with Crippen LogP contribution in [0.4, 0.5) is 17.1 Å². The second-order valence-corrected chi connectivity index (χ2v) is 59.4. The molecule has 0 spiro atoms. The molecule has 0 saturated carbocycles. The van der Waals surface area contributed by atoms with Gasteiger partial charge in [-0.05, 0) is 0 Å². The summed E-state index contributed by atoms with van der Waals surface area (Å²) in [5.74, 6) is 0. The van der Waals surface area contributed by atoms with E-state index in [1.165, 1.54) is 33.8 Å². The van der Waals surface area contributed by atoms with Gasteiger partial charge in [-0.15, -0.1) is 0 Å². The van der Waals surface area contributed by atoms with E-state index in [1.807, 2.05) is 0 Å². The summed E-state index contributed by atoms with van der Waals surface area (Å²) in [6, 6.07) is 28.7. The Kier molecular flexibility index (Phi) is 6.31. The number of benzene rings is 3. The monoisotopic (exact) mass is 652 g/mol. The van der Waals surface area contributed by atoms with Crippen molar-refractivity contribution in [1.82, 2.24) is 0 Å². The molecule has 190 valence electrons. The van der Waals surface area contributed by atoms with Crippen LogP contribution in [-0.2, 0) is 0 Å². The van der Waals surface area contributed by atoms with Crippen molar-refractivity contribution in [2.24, 2.45) is 0 Å². The Morgan fingerprint density at radius 2 is 0.639 bits per heavy atom. The molecule has 3 heterocycles. The number of anilines is 3. The molecule has 3 nitrogen and oxygen atoms in total.